The molecular weight excluding hydrogens is 284 g/mol. The van der Waals surface area contributed by atoms with E-state index in [1.54, 1.807) is 12.1 Å². The normalized spacial score (nSPS) is 13.6. The molecule has 5 heteroatoms. The average Bonchev–Trinajstić information content (AvgIpc) is 2.43. The zero-order valence-electron chi connectivity index (χ0n) is 13.7. The van der Waals surface area contributed by atoms with Crippen LogP contribution in [0.25, 0.3) is 0 Å². The van der Waals surface area contributed by atoms with Crippen LogP contribution in [-0.4, -0.2) is 21.0 Å². The van der Waals surface area contributed by atoms with Crippen molar-refractivity contribution in [1.29, 1.82) is 0 Å². The largest absolute Gasteiger partial charge is 0.313 e. The predicted octanol–water partition coefficient (Wildman–Crippen LogP) is 2.82. The van der Waals surface area contributed by atoms with Gasteiger partial charge in [-0.05, 0) is 49.1 Å². The van der Waals surface area contributed by atoms with E-state index in [0.717, 1.165) is 24.1 Å². The Balaban J connectivity index is 3.02. The van der Waals surface area contributed by atoms with Crippen LogP contribution in [0.5, 0.6) is 0 Å². The van der Waals surface area contributed by atoms with Crippen molar-refractivity contribution in [2.75, 3.05) is 6.54 Å². The highest BCUT2D eigenvalue weighted by Gasteiger charge is 2.21. The first kappa shape index (κ1) is 18.1. The van der Waals surface area contributed by atoms with Crippen LogP contribution in [0.4, 0.5) is 0 Å². The molecule has 4 nitrogen and oxygen atoms in total. The van der Waals surface area contributed by atoms with Gasteiger partial charge in [0.1, 0.15) is 0 Å². The Morgan fingerprint density at radius 1 is 1.19 bits per heavy atom. The van der Waals surface area contributed by atoms with Gasteiger partial charge in [-0.2, -0.15) is 0 Å². The summed E-state index contributed by atoms with van der Waals surface area (Å²) in [6.07, 6.45) is 0.785. The maximum atomic E-state index is 12.5. The maximum Gasteiger partial charge on any atom is 0.240 e. The minimum absolute atomic E-state index is 0.0338. The second-order valence-electron chi connectivity index (χ2n) is 5.75. The molecule has 1 rings (SSSR count). The van der Waals surface area contributed by atoms with Gasteiger partial charge in [-0.25, -0.2) is 13.1 Å². The molecule has 0 heterocycles. The molecule has 0 saturated carbocycles. The minimum atomic E-state index is -3.46. The first-order chi connectivity index (χ1) is 9.81. The fraction of sp³-hybridized carbons (Fsp3) is 0.625. The number of benzene rings is 1. The zero-order valence-corrected chi connectivity index (χ0v) is 14.5. The van der Waals surface area contributed by atoms with Crippen LogP contribution in [0.2, 0.25) is 0 Å². The van der Waals surface area contributed by atoms with E-state index in [-0.39, 0.29) is 12.0 Å². The van der Waals surface area contributed by atoms with Gasteiger partial charge in [0.05, 0.1) is 4.90 Å². The van der Waals surface area contributed by atoms with E-state index >= 15 is 0 Å². The number of hydrogen-bond acceptors (Lipinski definition) is 3. The van der Waals surface area contributed by atoms with Gasteiger partial charge >= 0.3 is 0 Å². The SMILES string of the molecule is CCNCc1cc(S(=O)(=O)NC(CC)C(C)C)ccc1C. The molecule has 0 aliphatic heterocycles. The molecule has 0 saturated heterocycles. The van der Waals surface area contributed by atoms with Crippen molar-refractivity contribution in [3.63, 3.8) is 0 Å². The van der Waals surface area contributed by atoms with Crippen LogP contribution in [0.1, 0.15) is 45.2 Å². The number of nitrogens with one attached hydrogen (secondary N) is 2. The summed E-state index contributed by atoms with van der Waals surface area (Å²) in [4.78, 5) is 0.347. The van der Waals surface area contributed by atoms with Crippen molar-refractivity contribution in [2.45, 2.75) is 58.5 Å². The molecule has 120 valence electrons. The second kappa shape index (κ2) is 7.92. The molecule has 0 radical (unpaired) electrons. The molecule has 1 unspecified atom stereocenters. The van der Waals surface area contributed by atoms with Crippen molar-refractivity contribution in [1.82, 2.24) is 10.0 Å². The maximum absolute atomic E-state index is 12.5. The average molecular weight is 312 g/mol. The third kappa shape index (κ3) is 5.09. The molecule has 0 fully saturated rings. The lowest BCUT2D eigenvalue weighted by Crippen LogP contribution is -2.38. The monoisotopic (exact) mass is 312 g/mol. The summed E-state index contributed by atoms with van der Waals surface area (Å²) in [5, 5.41) is 3.24. The summed E-state index contributed by atoms with van der Waals surface area (Å²) in [5.74, 6) is 0.274. The van der Waals surface area contributed by atoms with Crippen LogP contribution < -0.4 is 10.0 Å². The van der Waals surface area contributed by atoms with Gasteiger partial charge in [-0.15, -0.1) is 0 Å². The fourth-order valence-electron chi connectivity index (χ4n) is 2.22. The minimum Gasteiger partial charge on any atom is -0.313 e. The molecule has 1 atom stereocenters. The molecule has 0 amide bonds. The molecule has 0 bridgehead atoms. The molecule has 0 aromatic heterocycles. The summed E-state index contributed by atoms with van der Waals surface area (Å²) >= 11 is 0. The van der Waals surface area contributed by atoms with Gasteiger partial charge < -0.3 is 5.32 Å². The van der Waals surface area contributed by atoms with Crippen LogP contribution in [0, 0.1) is 12.8 Å². The van der Waals surface area contributed by atoms with Gasteiger partial charge in [-0.3, -0.25) is 0 Å². The first-order valence-corrected chi connectivity index (χ1v) is 9.12. The van der Waals surface area contributed by atoms with Gasteiger partial charge in [0.2, 0.25) is 10.0 Å². The van der Waals surface area contributed by atoms with E-state index in [9.17, 15) is 8.42 Å². The van der Waals surface area contributed by atoms with E-state index in [2.05, 4.69) is 10.0 Å². The van der Waals surface area contributed by atoms with Crippen molar-refractivity contribution in [2.24, 2.45) is 5.92 Å². The fourth-order valence-corrected chi connectivity index (χ4v) is 3.74. The summed E-state index contributed by atoms with van der Waals surface area (Å²) < 4.78 is 27.8. The first-order valence-electron chi connectivity index (χ1n) is 7.64. The highest BCUT2D eigenvalue weighted by atomic mass is 32.2. The lowest BCUT2D eigenvalue weighted by molar-refractivity contribution is 0.437. The molecular formula is C16H28N2O2S. The van der Waals surface area contributed by atoms with Crippen LogP contribution in [0.3, 0.4) is 0 Å². The van der Waals surface area contributed by atoms with E-state index in [1.807, 2.05) is 40.7 Å². The smallest absolute Gasteiger partial charge is 0.240 e. The Bertz CT molecular complexity index is 553. The quantitative estimate of drug-likeness (QED) is 0.776. The Labute approximate surface area is 129 Å². The molecule has 2 N–H and O–H groups in total. The van der Waals surface area contributed by atoms with Crippen molar-refractivity contribution in [3.05, 3.63) is 29.3 Å². The number of sulfonamides is 1. The highest BCUT2D eigenvalue weighted by molar-refractivity contribution is 7.89. The summed E-state index contributed by atoms with van der Waals surface area (Å²) in [6.45, 7) is 11.6. The molecule has 0 aliphatic carbocycles. The summed E-state index contributed by atoms with van der Waals surface area (Å²) in [7, 11) is -3.46. The van der Waals surface area contributed by atoms with Crippen LogP contribution >= 0.6 is 0 Å². The number of rotatable bonds is 8. The number of aryl methyl sites for hydroxylation is 1. The van der Waals surface area contributed by atoms with Gasteiger partial charge in [0.25, 0.3) is 0 Å². The lowest BCUT2D eigenvalue weighted by atomic mass is 10.0. The Hall–Kier alpha value is -0.910. The lowest BCUT2D eigenvalue weighted by Gasteiger charge is -2.21. The molecule has 21 heavy (non-hydrogen) atoms. The molecule has 0 spiro atoms. The van der Waals surface area contributed by atoms with Crippen molar-refractivity contribution in [3.8, 4) is 0 Å². The van der Waals surface area contributed by atoms with Gasteiger partial charge in [0, 0.05) is 12.6 Å². The van der Waals surface area contributed by atoms with E-state index in [1.165, 1.54) is 0 Å². The van der Waals surface area contributed by atoms with Crippen LogP contribution in [0.15, 0.2) is 23.1 Å². The number of hydrogen-bond donors (Lipinski definition) is 2. The standard InChI is InChI=1S/C16H28N2O2S/c1-6-16(12(3)4)18-21(19,20)15-9-8-13(5)14(10-15)11-17-7-2/h8-10,12,16-18H,6-7,11H2,1-5H3. The van der Waals surface area contributed by atoms with E-state index < -0.39 is 10.0 Å². The van der Waals surface area contributed by atoms with Crippen molar-refractivity contribution >= 4 is 10.0 Å². The van der Waals surface area contributed by atoms with Crippen molar-refractivity contribution < 1.29 is 8.42 Å². The van der Waals surface area contributed by atoms with Gasteiger partial charge in [-0.1, -0.05) is 33.8 Å². The van der Waals surface area contributed by atoms with Gasteiger partial charge in [0.15, 0.2) is 0 Å². The second-order valence-corrected chi connectivity index (χ2v) is 7.46. The molecule has 1 aromatic carbocycles. The highest BCUT2D eigenvalue weighted by Crippen LogP contribution is 2.17. The zero-order chi connectivity index (χ0) is 16.0. The Morgan fingerprint density at radius 3 is 2.38 bits per heavy atom. The Morgan fingerprint density at radius 2 is 1.86 bits per heavy atom. The van der Waals surface area contributed by atoms with Crippen LogP contribution in [-0.2, 0) is 16.6 Å². The molecule has 1 aromatic rings. The molecule has 0 aliphatic rings. The summed E-state index contributed by atoms with van der Waals surface area (Å²) in [6, 6.07) is 5.29. The topological polar surface area (TPSA) is 58.2 Å². The summed E-state index contributed by atoms with van der Waals surface area (Å²) in [5.41, 5.74) is 2.13. The van der Waals surface area contributed by atoms with E-state index in [4.69, 9.17) is 0 Å². The third-order valence-electron chi connectivity index (χ3n) is 3.75. The van der Waals surface area contributed by atoms with E-state index in [0.29, 0.717) is 11.4 Å². The predicted molar refractivity (Wildman–Crippen MR) is 87.8 cm³/mol. The third-order valence-corrected chi connectivity index (χ3v) is 5.24. The Kier molecular flexibility index (Phi) is 6.84.